The molecule has 0 fully saturated rings. The van der Waals surface area contributed by atoms with Crippen LogP contribution in [0.2, 0.25) is 5.28 Å². The zero-order chi connectivity index (χ0) is 8.97. The molecule has 62 valence electrons. The summed E-state index contributed by atoms with van der Waals surface area (Å²) >= 11 is 7.68. The Balaban J connectivity index is 2.84. The van der Waals surface area contributed by atoms with Gasteiger partial charge >= 0.3 is 0 Å². The van der Waals surface area contributed by atoms with Crippen LogP contribution in [-0.4, -0.2) is 16.5 Å². The summed E-state index contributed by atoms with van der Waals surface area (Å²) in [4.78, 5) is 7.75. The molecule has 0 radical (unpaired) electrons. The van der Waals surface area contributed by atoms with Crippen molar-refractivity contribution >= 4 is 40.0 Å². The van der Waals surface area contributed by atoms with E-state index in [1.807, 2.05) is 0 Å². The fourth-order valence-electron chi connectivity index (χ4n) is 0.604. The molecule has 5 heteroatoms. The molecule has 1 N–H and O–H groups in total. The van der Waals surface area contributed by atoms with E-state index < -0.39 is 0 Å². The SMILES string of the molecule is C#CCNc1nc(Cl)ncc1I. The van der Waals surface area contributed by atoms with Gasteiger partial charge in [-0.2, -0.15) is 4.98 Å². The van der Waals surface area contributed by atoms with Gasteiger partial charge in [-0.05, 0) is 34.2 Å². The number of halogens is 2. The predicted molar refractivity (Wildman–Crippen MR) is 57.1 cm³/mol. The van der Waals surface area contributed by atoms with Crippen molar-refractivity contribution in [3.63, 3.8) is 0 Å². The molecule has 0 saturated heterocycles. The van der Waals surface area contributed by atoms with Crippen LogP contribution in [0, 0.1) is 15.9 Å². The summed E-state index contributed by atoms with van der Waals surface area (Å²) in [6.45, 7) is 0.434. The first kappa shape index (κ1) is 9.55. The van der Waals surface area contributed by atoms with Gasteiger partial charge < -0.3 is 5.32 Å². The van der Waals surface area contributed by atoms with E-state index in [1.54, 1.807) is 6.20 Å². The lowest BCUT2D eigenvalue weighted by atomic mass is 10.5. The van der Waals surface area contributed by atoms with Gasteiger partial charge in [-0.1, -0.05) is 5.92 Å². The molecule has 0 aliphatic heterocycles. The Bertz CT molecular complexity index is 321. The van der Waals surface area contributed by atoms with Gasteiger partial charge in [0.05, 0.1) is 10.1 Å². The number of hydrogen-bond acceptors (Lipinski definition) is 3. The van der Waals surface area contributed by atoms with Crippen LogP contribution in [0.3, 0.4) is 0 Å². The van der Waals surface area contributed by atoms with E-state index in [-0.39, 0.29) is 5.28 Å². The smallest absolute Gasteiger partial charge is 0.224 e. The molecule has 1 aromatic rings. The summed E-state index contributed by atoms with van der Waals surface area (Å²) in [7, 11) is 0. The third kappa shape index (κ3) is 2.50. The van der Waals surface area contributed by atoms with Gasteiger partial charge in [0.15, 0.2) is 0 Å². The minimum atomic E-state index is 0.218. The quantitative estimate of drug-likeness (QED) is 0.513. The first-order valence-corrected chi connectivity index (χ1v) is 4.55. The monoisotopic (exact) mass is 293 g/mol. The number of rotatable bonds is 2. The maximum absolute atomic E-state index is 5.58. The Kier molecular flexibility index (Phi) is 3.56. The Hall–Kier alpha value is -0.540. The summed E-state index contributed by atoms with van der Waals surface area (Å²) in [6.07, 6.45) is 6.71. The summed E-state index contributed by atoms with van der Waals surface area (Å²) in [5.74, 6) is 3.12. The summed E-state index contributed by atoms with van der Waals surface area (Å²) < 4.78 is 0.896. The molecule has 12 heavy (non-hydrogen) atoms. The van der Waals surface area contributed by atoms with E-state index in [4.69, 9.17) is 18.0 Å². The maximum Gasteiger partial charge on any atom is 0.224 e. The number of anilines is 1. The van der Waals surface area contributed by atoms with E-state index in [0.29, 0.717) is 12.4 Å². The third-order valence-electron chi connectivity index (χ3n) is 1.07. The van der Waals surface area contributed by atoms with Crippen molar-refractivity contribution in [2.75, 3.05) is 11.9 Å². The van der Waals surface area contributed by atoms with Crippen LogP contribution < -0.4 is 5.32 Å². The first-order valence-electron chi connectivity index (χ1n) is 3.09. The molecule has 1 aromatic heterocycles. The molecule has 1 rings (SSSR count). The van der Waals surface area contributed by atoms with Crippen LogP contribution in [-0.2, 0) is 0 Å². The minimum absolute atomic E-state index is 0.218. The Morgan fingerprint density at radius 3 is 3.17 bits per heavy atom. The van der Waals surface area contributed by atoms with Crippen molar-refractivity contribution in [3.8, 4) is 12.3 Å². The van der Waals surface area contributed by atoms with Crippen LogP contribution in [0.25, 0.3) is 0 Å². The van der Waals surface area contributed by atoms with Crippen LogP contribution >= 0.6 is 34.2 Å². The summed E-state index contributed by atoms with van der Waals surface area (Å²) in [5, 5.41) is 3.14. The van der Waals surface area contributed by atoms with Crippen molar-refractivity contribution in [3.05, 3.63) is 15.1 Å². The second-order valence-corrected chi connectivity index (χ2v) is 3.39. The average molecular weight is 293 g/mol. The van der Waals surface area contributed by atoms with Gasteiger partial charge in [0, 0.05) is 6.20 Å². The fraction of sp³-hybridized carbons (Fsp3) is 0.143. The number of aromatic nitrogens is 2. The van der Waals surface area contributed by atoms with Gasteiger partial charge in [-0.25, -0.2) is 4.98 Å². The zero-order valence-corrected chi connectivity index (χ0v) is 8.93. The molecule has 0 unspecified atom stereocenters. The highest BCUT2D eigenvalue weighted by molar-refractivity contribution is 14.1. The lowest BCUT2D eigenvalue weighted by molar-refractivity contribution is 1.13. The van der Waals surface area contributed by atoms with E-state index >= 15 is 0 Å². The standard InChI is InChI=1S/C7H5ClIN3/c1-2-3-10-6-5(9)4-11-7(8)12-6/h1,4H,3H2,(H,10,11,12). The van der Waals surface area contributed by atoms with Crippen molar-refractivity contribution in [1.82, 2.24) is 9.97 Å². The molecule has 0 spiro atoms. The molecular weight excluding hydrogens is 288 g/mol. The molecule has 0 aliphatic carbocycles. The lowest BCUT2D eigenvalue weighted by Crippen LogP contribution is -2.03. The number of nitrogens with zero attached hydrogens (tertiary/aromatic N) is 2. The number of hydrogen-bond donors (Lipinski definition) is 1. The zero-order valence-electron chi connectivity index (χ0n) is 6.01. The summed E-state index contributed by atoms with van der Waals surface area (Å²) in [5.41, 5.74) is 0. The second kappa shape index (κ2) is 4.48. The highest BCUT2D eigenvalue weighted by Gasteiger charge is 2.00. The van der Waals surface area contributed by atoms with Crippen molar-refractivity contribution in [1.29, 1.82) is 0 Å². The molecule has 1 heterocycles. The molecule has 0 aliphatic rings. The lowest BCUT2D eigenvalue weighted by Gasteiger charge is -2.02. The van der Waals surface area contributed by atoms with E-state index in [9.17, 15) is 0 Å². The van der Waals surface area contributed by atoms with Crippen LogP contribution in [0.4, 0.5) is 5.82 Å². The molecule has 0 atom stereocenters. The Morgan fingerprint density at radius 2 is 2.50 bits per heavy atom. The Morgan fingerprint density at radius 1 is 1.75 bits per heavy atom. The van der Waals surface area contributed by atoms with E-state index in [2.05, 4.69) is 43.8 Å². The molecule has 0 aromatic carbocycles. The second-order valence-electron chi connectivity index (χ2n) is 1.89. The van der Waals surface area contributed by atoms with Crippen molar-refractivity contribution < 1.29 is 0 Å². The number of terminal acetylenes is 1. The third-order valence-corrected chi connectivity index (χ3v) is 2.04. The Labute approximate surface area is 89.1 Å². The van der Waals surface area contributed by atoms with Crippen molar-refractivity contribution in [2.45, 2.75) is 0 Å². The molecule has 0 amide bonds. The van der Waals surface area contributed by atoms with Gasteiger partial charge in [0.25, 0.3) is 0 Å². The molecular formula is C7H5ClIN3. The van der Waals surface area contributed by atoms with Crippen LogP contribution in [0.5, 0.6) is 0 Å². The van der Waals surface area contributed by atoms with E-state index in [1.165, 1.54) is 0 Å². The molecule has 0 saturated carbocycles. The normalized spacial score (nSPS) is 9.08. The minimum Gasteiger partial charge on any atom is -0.358 e. The van der Waals surface area contributed by atoms with Gasteiger partial charge in [-0.15, -0.1) is 6.42 Å². The number of nitrogens with one attached hydrogen (secondary N) is 1. The van der Waals surface area contributed by atoms with Crippen molar-refractivity contribution in [2.24, 2.45) is 0 Å². The largest absolute Gasteiger partial charge is 0.358 e. The van der Waals surface area contributed by atoms with Gasteiger partial charge in [-0.3, -0.25) is 0 Å². The van der Waals surface area contributed by atoms with Crippen LogP contribution in [0.1, 0.15) is 0 Å². The maximum atomic E-state index is 5.58. The highest BCUT2D eigenvalue weighted by atomic mass is 127. The first-order chi connectivity index (χ1) is 5.74. The van der Waals surface area contributed by atoms with Crippen LogP contribution in [0.15, 0.2) is 6.20 Å². The predicted octanol–water partition coefficient (Wildman–Crippen LogP) is 1.78. The summed E-state index contributed by atoms with van der Waals surface area (Å²) in [6, 6.07) is 0. The highest BCUT2D eigenvalue weighted by Crippen LogP contribution is 2.15. The molecule has 3 nitrogen and oxygen atoms in total. The van der Waals surface area contributed by atoms with E-state index in [0.717, 1.165) is 3.57 Å². The van der Waals surface area contributed by atoms with Gasteiger partial charge in [0.2, 0.25) is 5.28 Å². The average Bonchev–Trinajstić information content (AvgIpc) is 2.07. The fourth-order valence-corrected chi connectivity index (χ4v) is 1.19. The molecule has 0 bridgehead atoms. The van der Waals surface area contributed by atoms with Gasteiger partial charge in [0.1, 0.15) is 5.82 Å². The topological polar surface area (TPSA) is 37.8 Å².